The van der Waals surface area contributed by atoms with Gasteiger partial charge in [-0.15, -0.1) is 0 Å². The van der Waals surface area contributed by atoms with E-state index in [9.17, 15) is 4.79 Å². The van der Waals surface area contributed by atoms with Gasteiger partial charge >= 0.3 is 0 Å². The molecule has 0 spiro atoms. The average Bonchev–Trinajstić information content (AvgIpc) is 2.65. The Labute approximate surface area is 95.9 Å². The van der Waals surface area contributed by atoms with Gasteiger partial charge in [-0.2, -0.15) is 0 Å². The van der Waals surface area contributed by atoms with Crippen LogP contribution in [0.4, 0.5) is 0 Å². The third kappa shape index (κ3) is 2.01. The van der Waals surface area contributed by atoms with Crippen molar-refractivity contribution in [2.45, 2.75) is 26.8 Å². The zero-order valence-electron chi connectivity index (χ0n) is 9.81. The molecule has 2 heteroatoms. The molecule has 0 N–H and O–H groups in total. The fraction of sp³-hybridized carbons (Fsp3) is 0.357. The number of carbonyl (C=O) groups excluding carboxylic acids is 1. The normalized spacial score (nSPS) is 11.2. The zero-order chi connectivity index (χ0) is 11.5. The number of hydrogen-bond acceptors (Lipinski definition) is 1. The van der Waals surface area contributed by atoms with Gasteiger partial charge in [-0.25, -0.2) is 0 Å². The van der Waals surface area contributed by atoms with E-state index in [1.54, 1.807) is 0 Å². The van der Waals surface area contributed by atoms with Gasteiger partial charge in [-0.1, -0.05) is 32.0 Å². The van der Waals surface area contributed by atoms with E-state index >= 15 is 0 Å². The molecule has 2 rings (SSSR count). The average molecular weight is 215 g/mol. The first-order valence-corrected chi connectivity index (χ1v) is 5.75. The van der Waals surface area contributed by atoms with Crippen molar-refractivity contribution in [3.8, 4) is 0 Å². The maximum absolute atomic E-state index is 11.0. The van der Waals surface area contributed by atoms with Crippen LogP contribution in [0.5, 0.6) is 0 Å². The van der Waals surface area contributed by atoms with Gasteiger partial charge in [0.1, 0.15) is 0 Å². The lowest BCUT2D eigenvalue weighted by molar-refractivity contribution is 0.112. The zero-order valence-corrected chi connectivity index (χ0v) is 9.81. The van der Waals surface area contributed by atoms with Crippen LogP contribution in [0.1, 0.15) is 30.6 Å². The third-order valence-corrected chi connectivity index (χ3v) is 2.89. The summed E-state index contributed by atoms with van der Waals surface area (Å²) in [5.74, 6) is 0.681. The van der Waals surface area contributed by atoms with Crippen LogP contribution >= 0.6 is 0 Å². The molecule has 1 heterocycles. The van der Waals surface area contributed by atoms with Crippen LogP contribution in [0.25, 0.3) is 10.9 Å². The Hall–Kier alpha value is -1.57. The summed E-state index contributed by atoms with van der Waals surface area (Å²) in [5, 5.41) is 1.06. The SMILES string of the molecule is CC(C)CCn1cc(C=O)c2ccccc21. The molecule has 1 aromatic heterocycles. The van der Waals surface area contributed by atoms with E-state index in [4.69, 9.17) is 0 Å². The number of aromatic nitrogens is 1. The highest BCUT2D eigenvalue weighted by Gasteiger charge is 2.07. The molecule has 0 radical (unpaired) electrons. The number of hydrogen-bond donors (Lipinski definition) is 0. The number of para-hydroxylation sites is 1. The van der Waals surface area contributed by atoms with Crippen molar-refractivity contribution in [2.24, 2.45) is 5.92 Å². The van der Waals surface area contributed by atoms with Crippen molar-refractivity contribution < 1.29 is 4.79 Å². The maximum Gasteiger partial charge on any atom is 0.152 e. The second kappa shape index (κ2) is 4.52. The van der Waals surface area contributed by atoms with Gasteiger partial charge in [0, 0.05) is 29.2 Å². The lowest BCUT2D eigenvalue weighted by Gasteiger charge is -2.07. The van der Waals surface area contributed by atoms with Gasteiger partial charge in [0.2, 0.25) is 0 Å². The van der Waals surface area contributed by atoms with Crippen molar-refractivity contribution in [2.75, 3.05) is 0 Å². The molecule has 0 saturated carbocycles. The number of fused-ring (bicyclic) bond motifs is 1. The summed E-state index contributed by atoms with van der Waals surface area (Å²) in [7, 11) is 0. The number of nitrogens with zero attached hydrogens (tertiary/aromatic N) is 1. The van der Waals surface area contributed by atoms with E-state index in [1.165, 1.54) is 0 Å². The van der Waals surface area contributed by atoms with E-state index in [0.29, 0.717) is 5.92 Å². The summed E-state index contributed by atoms with van der Waals surface area (Å²) >= 11 is 0. The van der Waals surface area contributed by atoms with E-state index in [2.05, 4.69) is 24.5 Å². The van der Waals surface area contributed by atoms with Gasteiger partial charge in [0.25, 0.3) is 0 Å². The van der Waals surface area contributed by atoms with Crippen LogP contribution in [0.3, 0.4) is 0 Å². The van der Waals surface area contributed by atoms with Gasteiger partial charge < -0.3 is 4.57 Å². The molecular weight excluding hydrogens is 198 g/mol. The van der Waals surface area contributed by atoms with Gasteiger partial charge in [-0.3, -0.25) is 4.79 Å². The van der Waals surface area contributed by atoms with E-state index < -0.39 is 0 Å². The molecular formula is C14H17NO. The minimum absolute atomic E-state index is 0.681. The molecule has 0 atom stereocenters. The van der Waals surface area contributed by atoms with Crippen LogP contribution in [-0.4, -0.2) is 10.9 Å². The van der Waals surface area contributed by atoms with Crippen molar-refractivity contribution in [1.29, 1.82) is 0 Å². The van der Waals surface area contributed by atoms with Gasteiger partial charge in [-0.05, 0) is 18.4 Å². The summed E-state index contributed by atoms with van der Waals surface area (Å²) in [6.07, 6.45) is 4.03. The second-order valence-electron chi connectivity index (χ2n) is 4.60. The van der Waals surface area contributed by atoms with Crippen LogP contribution < -0.4 is 0 Å². The first-order valence-electron chi connectivity index (χ1n) is 5.75. The van der Waals surface area contributed by atoms with E-state index in [-0.39, 0.29) is 0 Å². The molecule has 0 fully saturated rings. The molecule has 16 heavy (non-hydrogen) atoms. The highest BCUT2D eigenvalue weighted by molar-refractivity contribution is 5.97. The van der Waals surface area contributed by atoms with E-state index in [1.807, 2.05) is 24.4 Å². The Kier molecular flexibility index (Phi) is 3.09. The maximum atomic E-state index is 11.0. The highest BCUT2D eigenvalue weighted by Crippen LogP contribution is 2.20. The molecule has 2 aromatic rings. The Morgan fingerprint density at radius 1 is 1.31 bits per heavy atom. The lowest BCUT2D eigenvalue weighted by atomic mass is 10.1. The van der Waals surface area contributed by atoms with Crippen LogP contribution in [0, 0.1) is 5.92 Å². The Morgan fingerprint density at radius 3 is 2.75 bits per heavy atom. The lowest BCUT2D eigenvalue weighted by Crippen LogP contribution is -1.99. The number of aryl methyl sites for hydroxylation is 1. The molecule has 0 aliphatic carbocycles. The highest BCUT2D eigenvalue weighted by atomic mass is 16.1. The molecule has 0 aliphatic rings. The van der Waals surface area contributed by atoms with Crippen LogP contribution in [-0.2, 0) is 6.54 Å². The topological polar surface area (TPSA) is 22.0 Å². The molecule has 0 bridgehead atoms. The first kappa shape index (κ1) is 10.9. The summed E-state index contributed by atoms with van der Waals surface area (Å²) in [4.78, 5) is 11.0. The second-order valence-corrected chi connectivity index (χ2v) is 4.60. The number of aldehydes is 1. The standard InChI is InChI=1S/C14H17NO/c1-11(2)7-8-15-9-12(10-16)13-5-3-4-6-14(13)15/h3-6,9-11H,7-8H2,1-2H3. The first-order chi connectivity index (χ1) is 7.72. The number of rotatable bonds is 4. The largest absolute Gasteiger partial charge is 0.347 e. The molecule has 0 unspecified atom stereocenters. The van der Waals surface area contributed by atoms with Crippen LogP contribution in [0.15, 0.2) is 30.5 Å². The molecule has 0 amide bonds. The van der Waals surface area contributed by atoms with Crippen LogP contribution in [0.2, 0.25) is 0 Å². The monoisotopic (exact) mass is 215 g/mol. The summed E-state index contributed by atoms with van der Waals surface area (Å²) in [6.45, 7) is 5.41. The fourth-order valence-electron chi connectivity index (χ4n) is 1.95. The smallest absolute Gasteiger partial charge is 0.152 e. The molecule has 0 aliphatic heterocycles. The predicted molar refractivity (Wildman–Crippen MR) is 66.8 cm³/mol. The Morgan fingerprint density at radius 2 is 2.06 bits per heavy atom. The number of carbonyl (C=O) groups is 1. The minimum Gasteiger partial charge on any atom is -0.347 e. The molecule has 1 aromatic carbocycles. The fourth-order valence-corrected chi connectivity index (χ4v) is 1.95. The Bertz CT molecular complexity index is 496. The van der Waals surface area contributed by atoms with Crippen molar-refractivity contribution in [1.82, 2.24) is 4.57 Å². The van der Waals surface area contributed by atoms with Gasteiger partial charge in [0.15, 0.2) is 6.29 Å². The predicted octanol–water partition coefficient (Wildman–Crippen LogP) is 3.50. The molecule has 2 nitrogen and oxygen atoms in total. The van der Waals surface area contributed by atoms with Crippen molar-refractivity contribution >= 4 is 17.2 Å². The van der Waals surface area contributed by atoms with Crippen molar-refractivity contribution in [3.63, 3.8) is 0 Å². The van der Waals surface area contributed by atoms with Crippen molar-refractivity contribution in [3.05, 3.63) is 36.0 Å². The summed E-state index contributed by atoms with van der Waals surface area (Å²) in [5.41, 5.74) is 1.95. The summed E-state index contributed by atoms with van der Waals surface area (Å²) < 4.78 is 2.18. The molecule has 84 valence electrons. The summed E-state index contributed by atoms with van der Waals surface area (Å²) in [6, 6.07) is 8.07. The van der Waals surface area contributed by atoms with E-state index in [0.717, 1.165) is 35.7 Å². The quantitative estimate of drug-likeness (QED) is 0.715. The Balaban J connectivity index is 2.41. The minimum atomic E-state index is 0.681. The third-order valence-electron chi connectivity index (χ3n) is 2.89. The molecule has 0 saturated heterocycles. The van der Waals surface area contributed by atoms with Gasteiger partial charge in [0.05, 0.1) is 0 Å². The number of benzene rings is 1.